The Morgan fingerprint density at radius 3 is 2.76 bits per heavy atom. The van der Waals surface area contributed by atoms with Crippen LogP contribution in [0.4, 0.5) is 5.69 Å². The van der Waals surface area contributed by atoms with E-state index >= 15 is 0 Å². The number of amides is 1. The first-order valence-electron chi connectivity index (χ1n) is 7.61. The van der Waals surface area contributed by atoms with E-state index in [4.69, 9.17) is 0 Å². The maximum atomic E-state index is 12.0. The fourth-order valence-corrected chi connectivity index (χ4v) is 3.67. The lowest BCUT2D eigenvalue weighted by Crippen LogP contribution is -2.07. The molecule has 0 radical (unpaired) electrons. The number of thiazole rings is 2. The standard InChI is InChI=1S/C18H14N4OS2/c1-12-19-15(11-25-12)6-7-17(23)20-14-4-2-13(3-5-14)16-10-22-8-9-24-18(22)21-16/h2-11H,1H3,(H,20,23)/b7-6+. The van der Waals surface area contributed by atoms with E-state index in [2.05, 4.69) is 15.3 Å². The van der Waals surface area contributed by atoms with Gasteiger partial charge >= 0.3 is 0 Å². The fraction of sp³-hybridized carbons (Fsp3) is 0.0556. The van der Waals surface area contributed by atoms with Crippen LogP contribution in [0, 0.1) is 6.92 Å². The van der Waals surface area contributed by atoms with E-state index < -0.39 is 0 Å². The van der Waals surface area contributed by atoms with Gasteiger partial charge < -0.3 is 5.32 Å². The first-order chi connectivity index (χ1) is 12.2. The van der Waals surface area contributed by atoms with Gasteiger partial charge in [0, 0.05) is 40.5 Å². The highest BCUT2D eigenvalue weighted by atomic mass is 32.1. The Hall–Kier alpha value is -2.77. The van der Waals surface area contributed by atoms with E-state index in [1.54, 1.807) is 28.7 Å². The summed E-state index contributed by atoms with van der Waals surface area (Å²) in [5, 5.41) is 7.75. The van der Waals surface area contributed by atoms with Gasteiger partial charge in [0.2, 0.25) is 5.91 Å². The highest BCUT2D eigenvalue weighted by molar-refractivity contribution is 7.15. The van der Waals surface area contributed by atoms with Gasteiger partial charge in [0.25, 0.3) is 0 Å². The minimum Gasteiger partial charge on any atom is -0.323 e. The number of nitrogens with zero attached hydrogens (tertiary/aromatic N) is 3. The van der Waals surface area contributed by atoms with Crippen molar-refractivity contribution in [1.82, 2.24) is 14.4 Å². The molecule has 1 aromatic carbocycles. The zero-order valence-electron chi connectivity index (χ0n) is 13.3. The first kappa shape index (κ1) is 15.7. The van der Waals surface area contributed by atoms with Crippen molar-refractivity contribution in [3.63, 3.8) is 0 Å². The number of aromatic nitrogens is 3. The van der Waals surface area contributed by atoms with Crippen LogP contribution in [0.25, 0.3) is 22.3 Å². The van der Waals surface area contributed by atoms with Gasteiger partial charge in [-0.2, -0.15) is 0 Å². The number of rotatable bonds is 4. The molecule has 3 heterocycles. The molecule has 0 bridgehead atoms. The third kappa shape index (κ3) is 3.52. The molecule has 1 N–H and O–H groups in total. The Kier molecular flexibility index (Phi) is 4.17. The number of imidazole rings is 1. The molecule has 4 rings (SSSR count). The summed E-state index contributed by atoms with van der Waals surface area (Å²) in [6.07, 6.45) is 7.19. The summed E-state index contributed by atoms with van der Waals surface area (Å²) in [5.41, 5.74) is 3.48. The SMILES string of the molecule is Cc1nc(/C=C/C(=O)Nc2ccc(-c3cn4ccsc4n3)cc2)cs1. The Morgan fingerprint density at radius 2 is 2.04 bits per heavy atom. The minimum absolute atomic E-state index is 0.180. The maximum Gasteiger partial charge on any atom is 0.248 e. The molecule has 0 saturated heterocycles. The second kappa shape index (κ2) is 6.62. The smallest absolute Gasteiger partial charge is 0.248 e. The predicted molar refractivity (Wildman–Crippen MR) is 103 cm³/mol. The zero-order chi connectivity index (χ0) is 17.2. The fourth-order valence-electron chi connectivity index (χ4n) is 2.39. The third-order valence-electron chi connectivity index (χ3n) is 3.58. The molecule has 0 aliphatic carbocycles. The predicted octanol–water partition coefficient (Wildman–Crippen LogP) is 4.48. The Morgan fingerprint density at radius 1 is 1.20 bits per heavy atom. The molecule has 0 atom stereocenters. The van der Waals surface area contributed by atoms with E-state index in [9.17, 15) is 4.79 Å². The lowest BCUT2D eigenvalue weighted by atomic mass is 10.1. The third-order valence-corrected chi connectivity index (χ3v) is 5.15. The lowest BCUT2D eigenvalue weighted by molar-refractivity contribution is -0.111. The first-order valence-corrected chi connectivity index (χ1v) is 9.37. The summed E-state index contributed by atoms with van der Waals surface area (Å²) in [6, 6.07) is 7.66. The molecule has 0 fully saturated rings. The van der Waals surface area contributed by atoms with Crippen LogP contribution in [0.2, 0.25) is 0 Å². The van der Waals surface area contributed by atoms with Crippen molar-refractivity contribution >= 4 is 45.3 Å². The number of anilines is 1. The molecule has 124 valence electrons. The van der Waals surface area contributed by atoms with Gasteiger partial charge in [-0.1, -0.05) is 12.1 Å². The number of aryl methyl sites for hydroxylation is 1. The Bertz CT molecular complexity index is 1030. The van der Waals surface area contributed by atoms with Gasteiger partial charge in [-0.25, -0.2) is 9.97 Å². The van der Waals surface area contributed by atoms with Crippen LogP contribution in [-0.2, 0) is 4.79 Å². The van der Waals surface area contributed by atoms with E-state index in [1.165, 1.54) is 6.08 Å². The van der Waals surface area contributed by atoms with Crippen LogP contribution in [0.3, 0.4) is 0 Å². The lowest BCUT2D eigenvalue weighted by Gasteiger charge is -2.03. The molecule has 5 nitrogen and oxygen atoms in total. The van der Waals surface area contributed by atoms with Gasteiger partial charge in [0.1, 0.15) is 0 Å². The summed E-state index contributed by atoms with van der Waals surface area (Å²) < 4.78 is 2.00. The molecule has 0 aliphatic rings. The minimum atomic E-state index is -0.180. The van der Waals surface area contributed by atoms with Crippen molar-refractivity contribution in [3.05, 3.63) is 64.2 Å². The monoisotopic (exact) mass is 366 g/mol. The van der Waals surface area contributed by atoms with Crippen molar-refractivity contribution in [2.75, 3.05) is 5.32 Å². The second-order valence-corrected chi connectivity index (χ2v) is 7.35. The van der Waals surface area contributed by atoms with Gasteiger partial charge in [-0.15, -0.1) is 22.7 Å². The number of fused-ring (bicyclic) bond motifs is 1. The van der Waals surface area contributed by atoms with Crippen LogP contribution in [0.5, 0.6) is 0 Å². The molecule has 0 spiro atoms. The molecule has 0 aliphatic heterocycles. The topological polar surface area (TPSA) is 59.3 Å². The molecular weight excluding hydrogens is 352 g/mol. The van der Waals surface area contributed by atoms with Crippen molar-refractivity contribution in [2.24, 2.45) is 0 Å². The summed E-state index contributed by atoms with van der Waals surface area (Å²) in [7, 11) is 0. The molecule has 1 amide bonds. The van der Waals surface area contributed by atoms with Crippen molar-refractivity contribution in [1.29, 1.82) is 0 Å². The summed E-state index contributed by atoms with van der Waals surface area (Å²) >= 11 is 3.16. The summed E-state index contributed by atoms with van der Waals surface area (Å²) in [4.78, 5) is 21.8. The normalized spacial score (nSPS) is 11.4. The zero-order valence-corrected chi connectivity index (χ0v) is 15.0. The number of hydrogen-bond acceptors (Lipinski definition) is 5. The number of carbonyl (C=O) groups excluding carboxylic acids is 1. The molecule has 4 aromatic rings. The quantitative estimate of drug-likeness (QED) is 0.542. The Balaban J connectivity index is 1.44. The largest absolute Gasteiger partial charge is 0.323 e. The molecular formula is C18H14N4OS2. The van der Waals surface area contributed by atoms with Crippen LogP contribution < -0.4 is 5.32 Å². The average molecular weight is 366 g/mol. The van der Waals surface area contributed by atoms with E-state index in [0.717, 1.165) is 32.6 Å². The summed E-state index contributed by atoms with van der Waals surface area (Å²) in [6.45, 7) is 1.94. The van der Waals surface area contributed by atoms with Crippen LogP contribution in [0.15, 0.2) is 53.5 Å². The molecule has 3 aromatic heterocycles. The highest BCUT2D eigenvalue weighted by Gasteiger charge is 2.06. The number of nitrogens with one attached hydrogen (secondary N) is 1. The van der Waals surface area contributed by atoms with Crippen LogP contribution >= 0.6 is 22.7 Å². The van der Waals surface area contributed by atoms with Gasteiger partial charge in [0.05, 0.1) is 16.4 Å². The molecule has 25 heavy (non-hydrogen) atoms. The van der Waals surface area contributed by atoms with Gasteiger partial charge in [-0.05, 0) is 25.1 Å². The van der Waals surface area contributed by atoms with Crippen LogP contribution in [-0.4, -0.2) is 20.3 Å². The molecule has 7 heteroatoms. The average Bonchev–Trinajstić information content (AvgIpc) is 3.29. The van der Waals surface area contributed by atoms with E-state index in [1.807, 2.05) is 58.7 Å². The van der Waals surface area contributed by atoms with Gasteiger partial charge in [-0.3, -0.25) is 9.20 Å². The van der Waals surface area contributed by atoms with Crippen molar-refractivity contribution < 1.29 is 4.79 Å². The number of hydrogen-bond donors (Lipinski definition) is 1. The van der Waals surface area contributed by atoms with E-state index in [-0.39, 0.29) is 5.91 Å². The van der Waals surface area contributed by atoms with E-state index in [0.29, 0.717) is 0 Å². The molecule has 0 unspecified atom stereocenters. The maximum absolute atomic E-state index is 12.0. The van der Waals surface area contributed by atoms with Gasteiger partial charge in [0.15, 0.2) is 4.96 Å². The van der Waals surface area contributed by atoms with Crippen molar-refractivity contribution in [3.8, 4) is 11.3 Å². The van der Waals surface area contributed by atoms with Crippen LogP contribution in [0.1, 0.15) is 10.7 Å². The van der Waals surface area contributed by atoms with Crippen molar-refractivity contribution in [2.45, 2.75) is 6.92 Å². The Labute approximate surface area is 152 Å². The summed E-state index contributed by atoms with van der Waals surface area (Å²) in [5.74, 6) is -0.180. The second-order valence-electron chi connectivity index (χ2n) is 5.41. The highest BCUT2D eigenvalue weighted by Crippen LogP contribution is 2.23. The molecule has 0 saturated carbocycles. The number of carbonyl (C=O) groups is 1. The number of benzene rings is 1.